The molecule has 1 aromatic heterocycles. The number of nitrogens with zero attached hydrogens (tertiary/aromatic N) is 2. The Morgan fingerprint density at radius 1 is 1.00 bits per heavy atom. The maximum Gasteiger partial charge on any atom is 0.175 e. The minimum absolute atomic E-state index is 0.500. The van der Waals surface area contributed by atoms with Crippen LogP contribution in [0.3, 0.4) is 0 Å². The van der Waals surface area contributed by atoms with Crippen LogP contribution in [0.15, 0.2) is 64.3 Å². The molecular formula is C17H14N2O2. The average Bonchev–Trinajstić information content (AvgIpc) is 2.93. The van der Waals surface area contributed by atoms with Gasteiger partial charge in [-0.15, -0.1) is 0 Å². The minimum Gasteiger partial charge on any atom is -0.411 e. The van der Waals surface area contributed by atoms with Crippen LogP contribution in [0.5, 0.6) is 0 Å². The highest BCUT2D eigenvalue weighted by atomic mass is 16.5. The second kappa shape index (κ2) is 5.63. The van der Waals surface area contributed by atoms with E-state index >= 15 is 0 Å². The van der Waals surface area contributed by atoms with Gasteiger partial charge in [-0.05, 0) is 12.5 Å². The van der Waals surface area contributed by atoms with Crippen molar-refractivity contribution in [3.05, 3.63) is 65.9 Å². The molecule has 0 saturated carbocycles. The molecule has 0 aliphatic heterocycles. The van der Waals surface area contributed by atoms with Gasteiger partial charge in [0.25, 0.3) is 0 Å². The zero-order valence-corrected chi connectivity index (χ0v) is 11.5. The van der Waals surface area contributed by atoms with E-state index in [4.69, 9.17) is 9.73 Å². The minimum atomic E-state index is 0.500. The molecule has 0 radical (unpaired) electrons. The van der Waals surface area contributed by atoms with E-state index in [-0.39, 0.29) is 0 Å². The Hall–Kier alpha value is -2.88. The lowest BCUT2D eigenvalue weighted by Crippen LogP contribution is -1.88. The van der Waals surface area contributed by atoms with Crippen molar-refractivity contribution in [1.29, 1.82) is 0 Å². The van der Waals surface area contributed by atoms with Crippen LogP contribution >= 0.6 is 0 Å². The maximum absolute atomic E-state index is 8.80. The fourth-order valence-corrected chi connectivity index (χ4v) is 2.23. The summed E-state index contributed by atoms with van der Waals surface area (Å²) in [6.45, 7) is 2.03. The van der Waals surface area contributed by atoms with Gasteiger partial charge in [0.15, 0.2) is 5.76 Å². The largest absolute Gasteiger partial charge is 0.411 e. The smallest absolute Gasteiger partial charge is 0.175 e. The number of benzene rings is 2. The average molecular weight is 278 g/mol. The van der Waals surface area contributed by atoms with Crippen molar-refractivity contribution >= 4 is 6.21 Å². The van der Waals surface area contributed by atoms with Gasteiger partial charge >= 0.3 is 0 Å². The first-order valence-corrected chi connectivity index (χ1v) is 6.59. The van der Waals surface area contributed by atoms with E-state index in [2.05, 4.69) is 10.3 Å². The molecule has 0 aliphatic carbocycles. The van der Waals surface area contributed by atoms with Crippen molar-refractivity contribution in [2.45, 2.75) is 6.92 Å². The maximum atomic E-state index is 8.80. The monoisotopic (exact) mass is 278 g/mol. The molecule has 3 rings (SSSR count). The normalized spacial score (nSPS) is 11.1. The summed E-state index contributed by atoms with van der Waals surface area (Å²) in [5, 5.41) is 15.9. The molecule has 0 unspecified atom stereocenters. The molecule has 1 N–H and O–H groups in total. The Balaban J connectivity index is 2.20. The second-order valence-electron chi connectivity index (χ2n) is 4.75. The lowest BCUT2D eigenvalue weighted by Gasteiger charge is -2.03. The Kier molecular flexibility index (Phi) is 3.51. The van der Waals surface area contributed by atoms with Crippen LogP contribution in [0.25, 0.3) is 22.5 Å². The molecule has 0 saturated heterocycles. The second-order valence-corrected chi connectivity index (χ2v) is 4.75. The quantitative estimate of drug-likeness (QED) is 0.445. The van der Waals surface area contributed by atoms with Crippen molar-refractivity contribution in [3.8, 4) is 22.5 Å². The van der Waals surface area contributed by atoms with E-state index in [0.717, 1.165) is 16.7 Å². The van der Waals surface area contributed by atoms with E-state index in [0.29, 0.717) is 11.5 Å². The Morgan fingerprint density at radius 3 is 2.38 bits per heavy atom. The molecule has 0 fully saturated rings. The molecule has 21 heavy (non-hydrogen) atoms. The summed E-state index contributed by atoms with van der Waals surface area (Å²) in [6, 6.07) is 17.8. The summed E-state index contributed by atoms with van der Waals surface area (Å²) in [4.78, 5) is 0. The van der Waals surface area contributed by atoms with Gasteiger partial charge in [-0.2, -0.15) is 0 Å². The van der Waals surface area contributed by atoms with Gasteiger partial charge in [0.05, 0.1) is 11.8 Å². The van der Waals surface area contributed by atoms with Crippen LogP contribution in [-0.2, 0) is 0 Å². The molecule has 0 atom stereocenters. The zero-order chi connectivity index (χ0) is 14.7. The summed E-state index contributed by atoms with van der Waals surface area (Å²) in [5.41, 5.74) is 4.39. The third-order valence-corrected chi connectivity index (χ3v) is 3.27. The molecule has 4 nitrogen and oxygen atoms in total. The Morgan fingerprint density at radius 2 is 1.71 bits per heavy atom. The number of hydrogen-bond acceptors (Lipinski definition) is 4. The summed E-state index contributed by atoms with van der Waals surface area (Å²) >= 11 is 0. The number of oxime groups is 1. The number of aromatic nitrogens is 1. The summed E-state index contributed by atoms with van der Waals surface area (Å²) in [6.07, 6.45) is 1.28. The first kappa shape index (κ1) is 13.1. The van der Waals surface area contributed by atoms with E-state index in [1.807, 2.05) is 61.5 Å². The summed E-state index contributed by atoms with van der Waals surface area (Å²) < 4.78 is 5.47. The van der Waals surface area contributed by atoms with Crippen LogP contribution in [-0.4, -0.2) is 16.6 Å². The van der Waals surface area contributed by atoms with Gasteiger partial charge in [0, 0.05) is 5.56 Å². The van der Waals surface area contributed by atoms with Gasteiger partial charge < -0.3 is 9.73 Å². The molecular weight excluding hydrogens is 264 g/mol. The standard InChI is InChI=1S/C17H14N2O2/c1-12-7-9-13(10-8-12)16-15(11-18-20)19-21-17(16)14-5-3-2-4-6-14/h2-11,20H,1H3. The van der Waals surface area contributed by atoms with E-state index < -0.39 is 0 Å². The van der Waals surface area contributed by atoms with Gasteiger partial charge in [-0.1, -0.05) is 70.5 Å². The molecule has 3 aromatic rings. The lowest BCUT2D eigenvalue weighted by atomic mass is 9.99. The van der Waals surface area contributed by atoms with Crippen LogP contribution in [0.2, 0.25) is 0 Å². The van der Waals surface area contributed by atoms with E-state index in [9.17, 15) is 0 Å². The highest BCUT2D eigenvalue weighted by Crippen LogP contribution is 2.34. The van der Waals surface area contributed by atoms with Gasteiger partial charge in [-0.3, -0.25) is 0 Å². The van der Waals surface area contributed by atoms with Gasteiger partial charge in [0.2, 0.25) is 0 Å². The number of aryl methyl sites for hydroxylation is 1. The van der Waals surface area contributed by atoms with Gasteiger partial charge in [-0.25, -0.2) is 0 Å². The molecule has 2 aromatic carbocycles. The zero-order valence-electron chi connectivity index (χ0n) is 11.5. The van der Waals surface area contributed by atoms with Crippen molar-refractivity contribution in [1.82, 2.24) is 5.16 Å². The summed E-state index contributed by atoms with van der Waals surface area (Å²) in [5.74, 6) is 0.661. The highest BCUT2D eigenvalue weighted by Gasteiger charge is 2.18. The fourth-order valence-electron chi connectivity index (χ4n) is 2.23. The van der Waals surface area contributed by atoms with Crippen LogP contribution in [0.4, 0.5) is 0 Å². The molecule has 4 heteroatoms. The molecule has 0 bridgehead atoms. The summed E-state index contributed by atoms with van der Waals surface area (Å²) in [7, 11) is 0. The fraction of sp³-hybridized carbons (Fsp3) is 0.0588. The van der Waals surface area contributed by atoms with Gasteiger partial charge in [0.1, 0.15) is 5.69 Å². The molecule has 0 aliphatic rings. The van der Waals surface area contributed by atoms with Crippen LogP contribution in [0, 0.1) is 6.92 Å². The first-order chi connectivity index (χ1) is 10.3. The SMILES string of the molecule is Cc1ccc(-c2c(C=NO)noc2-c2ccccc2)cc1. The predicted octanol–water partition coefficient (Wildman–Crippen LogP) is 4.13. The lowest BCUT2D eigenvalue weighted by molar-refractivity contribution is 0.321. The molecule has 1 heterocycles. The molecule has 0 spiro atoms. The molecule has 0 amide bonds. The Bertz CT molecular complexity index is 759. The first-order valence-electron chi connectivity index (χ1n) is 6.59. The van der Waals surface area contributed by atoms with E-state index in [1.165, 1.54) is 11.8 Å². The topological polar surface area (TPSA) is 58.6 Å². The highest BCUT2D eigenvalue weighted by molar-refractivity contribution is 5.93. The number of rotatable bonds is 3. The van der Waals surface area contributed by atoms with Crippen LogP contribution in [0.1, 0.15) is 11.3 Å². The molecule has 104 valence electrons. The number of hydrogen-bond donors (Lipinski definition) is 1. The Labute approximate surface area is 122 Å². The van der Waals surface area contributed by atoms with Crippen molar-refractivity contribution in [2.24, 2.45) is 5.16 Å². The van der Waals surface area contributed by atoms with Crippen molar-refractivity contribution in [2.75, 3.05) is 0 Å². The van der Waals surface area contributed by atoms with Crippen LogP contribution < -0.4 is 0 Å². The third kappa shape index (κ3) is 2.56. The van der Waals surface area contributed by atoms with Crippen molar-refractivity contribution in [3.63, 3.8) is 0 Å². The third-order valence-electron chi connectivity index (χ3n) is 3.27. The van der Waals surface area contributed by atoms with E-state index in [1.54, 1.807) is 0 Å². The predicted molar refractivity (Wildman–Crippen MR) is 81.5 cm³/mol. The van der Waals surface area contributed by atoms with Crippen molar-refractivity contribution < 1.29 is 9.73 Å².